The molecule has 2 aliphatic heterocycles. The average molecular weight is 422 g/mol. The molecule has 2 aliphatic rings. The molecule has 0 unspecified atom stereocenters. The van der Waals surface area contributed by atoms with Crippen LogP contribution in [0.3, 0.4) is 0 Å². The number of carbonyl (C=O) groups excluding carboxylic acids is 3. The number of rotatable bonds is 4. The van der Waals surface area contributed by atoms with E-state index in [-0.39, 0.29) is 12.3 Å². The fourth-order valence-electron chi connectivity index (χ4n) is 4.00. The first-order chi connectivity index (χ1) is 14.7. The van der Waals surface area contributed by atoms with Gasteiger partial charge in [0.1, 0.15) is 5.54 Å². The van der Waals surface area contributed by atoms with Crippen LogP contribution in [-0.2, 0) is 10.3 Å². The molecule has 2 aromatic rings. The zero-order valence-electron chi connectivity index (χ0n) is 18.2. The zero-order valence-corrected chi connectivity index (χ0v) is 18.2. The average Bonchev–Trinajstić information content (AvgIpc) is 2.90. The molecular formula is C24H26N2O5. The van der Waals surface area contributed by atoms with Crippen molar-refractivity contribution in [2.45, 2.75) is 39.7 Å². The van der Waals surface area contributed by atoms with E-state index in [1.165, 1.54) is 0 Å². The molecule has 1 N–H and O–H groups in total. The molecule has 1 fully saturated rings. The number of ether oxygens (including phenoxy) is 2. The summed E-state index contributed by atoms with van der Waals surface area (Å²) in [5, 5.41) is 2.75. The van der Waals surface area contributed by atoms with Crippen LogP contribution in [0.1, 0.15) is 46.0 Å². The molecule has 0 spiro atoms. The molecule has 3 amide bonds. The summed E-state index contributed by atoms with van der Waals surface area (Å²) >= 11 is 0. The SMILES string of the molecule is Cc1cc(C)c(C(=O)CN2C(=O)N[C@@](C)(c3ccc4c(c3)OCCCO4)C2=O)cc1C. The predicted octanol–water partition coefficient (Wildman–Crippen LogP) is 3.42. The highest BCUT2D eigenvalue weighted by Gasteiger charge is 2.49. The minimum absolute atomic E-state index is 0.271. The summed E-state index contributed by atoms with van der Waals surface area (Å²) < 4.78 is 11.4. The standard InChI is InChI=1S/C24H26N2O5/c1-14-10-16(3)18(11-15(14)2)19(27)13-26-22(28)24(4,25-23(26)29)17-6-7-20-21(12-17)31-9-5-8-30-20/h6-7,10-12H,5,8-9,13H2,1-4H3,(H,25,29)/t24-/m0/s1. The molecule has 7 heteroatoms. The quantitative estimate of drug-likeness (QED) is 0.603. The Balaban J connectivity index is 1.59. The largest absolute Gasteiger partial charge is 0.490 e. The topological polar surface area (TPSA) is 84.9 Å². The number of nitrogens with zero attached hydrogens (tertiary/aromatic N) is 1. The molecule has 2 heterocycles. The van der Waals surface area contributed by atoms with Crippen LogP contribution in [0.25, 0.3) is 0 Å². The van der Waals surface area contributed by atoms with Gasteiger partial charge in [0.15, 0.2) is 17.3 Å². The second-order valence-corrected chi connectivity index (χ2v) is 8.33. The van der Waals surface area contributed by atoms with Gasteiger partial charge in [-0.1, -0.05) is 12.1 Å². The molecule has 0 aromatic heterocycles. The van der Waals surface area contributed by atoms with Crippen LogP contribution in [0, 0.1) is 20.8 Å². The van der Waals surface area contributed by atoms with Gasteiger partial charge in [-0.15, -0.1) is 0 Å². The van der Waals surface area contributed by atoms with E-state index in [0.29, 0.717) is 35.8 Å². The highest BCUT2D eigenvalue weighted by molar-refractivity contribution is 6.11. The van der Waals surface area contributed by atoms with E-state index in [4.69, 9.17) is 9.47 Å². The maximum Gasteiger partial charge on any atom is 0.325 e. The minimum Gasteiger partial charge on any atom is -0.490 e. The molecule has 4 rings (SSSR count). The molecule has 7 nitrogen and oxygen atoms in total. The van der Waals surface area contributed by atoms with Crippen LogP contribution < -0.4 is 14.8 Å². The monoisotopic (exact) mass is 422 g/mol. The van der Waals surface area contributed by atoms with Gasteiger partial charge in [-0.3, -0.25) is 14.5 Å². The van der Waals surface area contributed by atoms with Gasteiger partial charge in [-0.25, -0.2) is 4.79 Å². The first-order valence-electron chi connectivity index (χ1n) is 10.4. The lowest BCUT2D eigenvalue weighted by Gasteiger charge is -2.23. The molecule has 0 saturated carbocycles. The Kier molecular flexibility index (Phi) is 5.21. The number of fused-ring (bicyclic) bond motifs is 1. The summed E-state index contributed by atoms with van der Waals surface area (Å²) in [5.74, 6) is 0.409. The molecule has 1 saturated heterocycles. The minimum atomic E-state index is -1.29. The molecule has 31 heavy (non-hydrogen) atoms. The summed E-state index contributed by atoms with van der Waals surface area (Å²) in [6.45, 7) is 8.17. The lowest BCUT2D eigenvalue weighted by Crippen LogP contribution is -2.41. The molecule has 0 bridgehead atoms. The summed E-state index contributed by atoms with van der Waals surface area (Å²) in [4.78, 5) is 39.9. The van der Waals surface area contributed by atoms with E-state index in [1.54, 1.807) is 25.1 Å². The van der Waals surface area contributed by atoms with Crippen molar-refractivity contribution in [2.75, 3.05) is 19.8 Å². The van der Waals surface area contributed by atoms with Crippen molar-refractivity contribution in [1.82, 2.24) is 10.2 Å². The number of amides is 3. The molecule has 1 atom stereocenters. The van der Waals surface area contributed by atoms with Gasteiger partial charge in [0.05, 0.1) is 19.8 Å². The molecule has 0 aliphatic carbocycles. The van der Waals surface area contributed by atoms with E-state index < -0.39 is 17.5 Å². The van der Waals surface area contributed by atoms with E-state index >= 15 is 0 Å². The number of Topliss-reactive ketones (excluding diaryl/α,β-unsaturated/α-hetero) is 1. The van der Waals surface area contributed by atoms with E-state index in [0.717, 1.165) is 28.0 Å². The van der Waals surface area contributed by atoms with Crippen molar-refractivity contribution in [3.63, 3.8) is 0 Å². The number of urea groups is 1. The number of benzene rings is 2. The third-order valence-electron chi connectivity index (χ3n) is 6.04. The van der Waals surface area contributed by atoms with Gasteiger partial charge < -0.3 is 14.8 Å². The maximum atomic E-state index is 13.3. The van der Waals surface area contributed by atoms with Gasteiger partial charge in [0.2, 0.25) is 0 Å². The number of ketones is 1. The van der Waals surface area contributed by atoms with Crippen LogP contribution in [0.15, 0.2) is 30.3 Å². The van der Waals surface area contributed by atoms with Crippen LogP contribution in [0.4, 0.5) is 4.79 Å². The Labute approximate surface area is 181 Å². The second-order valence-electron chi connectivity index (χ2n) is 8.33. The summed E-state index contributed by atoms with van der Waals surface area (Å²) in [7, 11) is 0. The summed E-state index contributed by atoms with van der Waals surface area (Å²) in [6, 6.07) is 8.37. The van der Waals surface area contributed by atoms with E-state index in [2.05, 4.69) is 5.32 Å². The number of imide groups is 1. The summed E-state index contributed by atoms with van der Waals surface area (Å²) in [5.41, 5.74) is 2.71. The van der Waals surface area contributed by atoms with Crippen LogP contribution >= 0.6 is 0 Å². The fourth-order valence-corrected chi connectivity index (χ4v) is 4.00. The van der Waals surface area contributed by atoms with Crippen LogP contribution in [-0.4, -0.2) is 42.4 Å². The van der Waals surface area contributed by atoms with Gasteiger partial charge >= 0.3 is 6.03 Å². The zero-order chi connectivity index (χ0) is 22.3. The first-order valence-corrected chi connectivity index (χ1v) is 10.4. The van der Waals surface area contributed by atoms with Crippen LogP contribution in [0.5, 0.6) is 11.5 Å². The number of carbonyl (C=O) groups is 3. The van der Waals surface area contributed by atoms with Gasteiger partial charge in [-0.2, -0.15) is 0 Å². The van der Waals surface area contributed by atoms with Crippen molar-refractivity contribution < 1.29 is 23.9 Å². The Morgan fingerprint density at radius 3 is 2.42 bits per heavy atom. The molecular weight excluding hydrogens is 396 g/mol. The van der Waals surface area contributed by atoms with Crippen molar-refractivity contribution in [2.24, 2.45) is 0 Å². The van der Waals surface area contributed by atoms with Gasteiger partial charge in [-0.05, 0) is 68.1 Å². The van der Waals surface area contributed by atoms with Crippen LogP contribution in [0.2, 0.25) is 0 Å². The Morgan fingerprint density at radius 2 is 1.68 bits per heavy atom. The van der Waals surface area contributed by atoms with Crippen molar-refractivity contribution in [3.05, 3.63) is 58.1 Å². The molecule has 2 aromatic carbocycles. The number of nitrogens with one attached hydrogen (secondary N) is 1. The van der Waals surface area contributed by atoms with Gasteiger partial charge in [0.25, 0.3) is 5.91 Å². The normalized spacial score (nSPS) is 20.5. The Morgan fingerprint density at radius 1 is 1.00 bits per heavy atom. The predicted molar refractivity (Wildman–Crippen MR) is 115 cm³/mol. The number of hydrogen-bond acceptors (Lipinski definition) is 5. The molecule has 0 radical (unpaired) electrons. The Bertz CT molecular complexity index is 1090. The second kappa shape index (κ2) is 7.72. The van der Waals surface area contributed by atoms with Crippen molar-refractivity contribution in [3.8, 4) is 11.5 Å². The number of aryl methyl sites for hydroxylation is 3. The lowest BCUT2D eigenvalue weighted by atomic mass is 9.91. The third-order valence-corrected chi connectivity index (χ3v) is 6.04. The lowest BCUT2D eigenvalue weighted by molar-refractivity contribution is -0.130. The van der Waals surface area contributed by atoms with Crippen molar-refractivity contribution in [1.29, 1.82) is 0 Å². The van der Waals surface area contributed by atoms with Gasteiger partial charge in [0, 0.05) is 12.0 Å². The highest BCUT2D eigenvalue weighted by atomic mass is 16.5. The highest BCUT2D eigenvalue weighted by Crippen LogP contribution is 2.36. The summed E-state index contributed by atoms with van der Waals surface area (Å²) in [6.07, 6.45) is 0.769. The number of hydrogen-bond donors (Lipinski definition) is 1. The molecule has 162 valence electrons. The maximum absolute atomic E-state index is 13.3. The third kappa shape index (κ3) is 3.65. The fraction of sp³-hybridized carbons (Fsp3) is 0.375. The van der Waals surface area contributed by atoms with E-state index in [9.17, 15) is 14.4 Å². The van der Waals surface area contributed by atoms with E-state index in [1.807, 2.05) is 32.9 Å². The first kappa shape index (κ1) is 20.9. The smallest absolute Gasteiger partial charge is 0.325 e. The Hall–Kier alpha value is -3.35. The van der Waals surface area contributed by atoms with Crippen molar-refractivity contribution >= 4 is 17.7 Å².